The summed E-state index contributed by atoms with van der Waals surface area (Å²) in [4.78, 5) is 12.6. The summed E-state index contributed by atoms with van der Waals surface area (Å²) in [5, 5.41) is 0. The van der Waals surface area contributed by atoms with Crippen molar-refractivity contribution in [3.63, 3.8) is 0 Å². The molecule has 0 aromatic rings. The van der Waals surface area contributed by atoms with Gasteiger partial charge in [0.2, 0.25) is 0 Å². The lowest BCUT2D eigenvalue weighted by atomic mass is 9.86. The molecule has 0 aliphatic carbocycles. The van der Waals surface area contributed by atoms with Crippen molar-refractivity contribution in [2.24, 2.45) is 5.92 Å². The van der Waals surface area contributed by atoms with Crippen LogP contribution in [-0.2, 0) is 4.79 Å². The number of halogens is 1. The van der Waals surface area contributed by atoms with Gasteiger partial charge in [-0.2, -0.15) is 0 Å². The Hall–Kier alpha value is -0.600. The third kappa shape index (κ3) is 0.662. The lowest BCUT2D eigenvalue weighted by molar-refractivity contribution is -0.148. The molecule has 1 amide bonds. The third-order valence-corrected chi connectivity index (χ3v) is 2.50. The van der Waals surface area contributed by atoms with Crippen molar-refractivity contribution in [2.75, 3.05) is 13.1 Å². The third-order valence-electron chi connectivity index (χ3n) is 2.50. The van der Waals surface area contributed by atoms with Crippen LogP contribution in [-0.4, -0.2) is 30.1 Å². The average molecular weight is 143 g/mol. The second-order valence-corrected chi connectivity index (χ2v) is 3.06. The van der Waals surface area contributed by atoms with Crippen molar-refractivity contribution < 1.29 is 9.18 Å². The zero-order chi connectivity index (χ0) is 7.14. The first-order valence-electron chi connectivity index (χ1n) is 3.72. The molecule has 3 heteroatoms. The maximum Gasteiger partial charge on any atom is 0.257 e. The predicted molar refractivity (Wildman–Crippen MR) is 34.2 cm³/mol. The van der Waals surface area contributed by atoms with Gasteiger partial charge in [-0.3, -0.25) is 4.79 Å². The summed E-state index contributed by atoms with van der Waals surface area (Å²) < 4.78 is 12.9. The summed E-state index contributed by atoms with van der Waals surface area (Å²) in [5.41, 5.74) is 0. The molecular formula is C7H10FNO. The Kier molecular flexibility index (Phi) is 1.19. The van der Waals surface area contributed by atoms with Gasteiger partial charge >= 0.3 is 0 Å². The molecule has 3 heterocycles. The van der Waals surface area contributed by atoms with Crippen molar-refractivity contribution in [3.8, 4) is 0 Å². The Labute approximate surface area is 59.0 Å². The first-order valence-corrected chi connectivity index (χ1v) is 3.72. The minimum absolute atomic E-state index is 0.0394. The van der Waals surface area contributed by atoms with Crippen LogP contribution >= 0.6 is 0 Å². The average Bonchev–Trinajstić information content (AvgIpc) is 2.00. The van der Waals surface area contributed by atoms with Crippen molar-refractivity contribution in [1.82, 2.24) is 4.90 Å². The van der Waals surface area contributed by atoms with E-state index in [1.807, 2.05) is 0 Å². The lowest BCUT2D eigenvalue weighted by Gasteiger charge is -2.40. The Bertz CT molecular complexity index is 159. The lowest BCUT2D eigenvalue weighted by Crippen LogP contribution is -2.52. The first kappa shape index (κ1) is 6.13. The molecule has 3 aliphatic rings. The summed E-state index contributed by atoms with van der Waals surface area (Å²) in [7, 11) is 0. The topological polar surface area (TPSA) is 20.3 Å². The number of alkyl halides is 1. The Morgan fingerprint density at radius 1 is 1.40 bits per heavy atom. The number of hydrogen-bond donors (Lipinski definition) is 0. The number of carbonyl (C=O) groups is 1. The van der Waals surface area contributed by atoms with Crippen LogP contribution in [0.5, 0.6) is 0 Å². The van der Waals surface area contributed by atoms with Crippen molar-refractivity contribution in [3.05, 3.63) is 0 Å². The molecule has 0 N–H and O–H groups in total. The van der Waals surface area contributed by atoms with Gasteiger partial charge in [-0.25, -0.2) is 4.39 Å². The summed E-state index contributed by atoms with van der Waals surface area (Å²) in [6, 6.07) is 0. The molecule has 0 saturated carbocycles. The number of carbonyl (C=O) groups excluding carboxylic acids is 1. The molecule has 3 saturated heterocycles. The minimum Gasteiger partial charge on any atom is -0.340 e. The van der Waals surface area contributed by atoms with Crippen LogP contribution in [0.25, 0.3) is 0 Å². The van der Waals surface area contributed by atoms with Crippen molar-refractivity contribution in [1.29, 1.82) is 0 Å². The van der Waals surface area contributed by atoms with Gasteiger partial charge in [0.05, 0.1) is 0 Å². The van der Waals surface area contributed by atoms with Crippen LogP contribution in [0.4, 0.5) is 4.39 Å². The molecule has 3 rings (SSSR count). The fourth-order valence-corrected chi connectivity index (χ4v) is 1.79. The summed E-state index contributed by atoms with van der Waals surface area (Å²) in [5.74, 6) is -0.236. The molecule has 56 valence electrons. The van der Waals surface area contributed by atoms with Gasteiger partial charge in [0, 0.05) is 19.0 Å². The molecule has 10 heavy (non-hydrogen) atoms. The van der Waals surface area contributed by atoms with E-state index in [4.69, 9.17) is 0 Å². The predicted octanol–water partition coefficient (Wildman–Crippen LogP) is 0.577. The quantitative estimate of drug-likeness (QED) is 0.485. The fourth-order valence-electron chi connectivity index (χ4n) is 1.79. The molecule has 1 atom stereocenters. The SMILES string of the molecule is O=C1C(F)C2CCN1CC2. The highest BCUT2D eigenvalue weighted by Crippen LogP contribution is 2.30. The van der Waals surface area contributed by atoms with Crippen LogP contribution < -0.4 is 0 Å². The molecule has 0 spiro atoms. The number of fused-ring (bicyclic) bond motifs is 3. The van der Waals surface area contributed by atoms with E-state index in [0.29, 0.717) is 0 Å². The van der Waals surface area contributed by atoms with E-state index in [2.05, 4.69) is 0 Å². The van der Waals surface area contributed by atoms with Gasteiger partial charge in [0.1, 0.15) is 0 Å². The van der Waals surface area contributed by atoms with Gasteiger partial charge in [-0.15, -0.1) is 0 Å². The highest BCUT2D eigenvalue weighted by atomic mass is 19.1. The van der Waals surface area contributed by atoms with Gasteiger partial charge in [0.15, 0.2) is 6.17 Å². The second kappa shape index (κ2) is 1.94. The summed E-state index contributed by atoms with van der Waals surface area (Å²) in [6.45, 7) is 1.56. The molecule has 3 aliphatic heterocycles. The second-order valence-electron chi connectivity index (χ2n) is 3.06. The number of rotatable bonds is 0. The van der Waals surface area contributed by atoms with Crippen LogP contribution in [0.1, 0.15) is 12.8 Å². The maximum atomic E-state index is 12.9. The number of piperidine rings is 3. The monoisotopic (exact) mass is 143 g/mol. The standard InChI is InChI=1S/C7H10FNO/c8-6-5-1-3-9(4-2-5)7(6)10/h5-6H,1-4H2. The summed E-state index contributed by atoms with van der Waals surface area (Å²) in [6.07, 6.45) is 0.558. The highest BCUT2D eigenvalue weighted by Gasteiger charge is 2.40. The Balaban J connectivity index is 2.20. The zero-order valence-electron chi connectivity index (χ0n) is 5.72. The normalized spacial score (nSPS) is 38.9. The molecule has 0 aromatic carbocycles. The van der Waals surface area contributed by atoms with E-state index in [0.717, 1.165) is 25.9 Å². The molecule has 1 unspecified atom stereocenters. The van der Waals surface area contributed by atoms with Crippen LogP contribution in [0.15, 0.2) is 0 Å². The van der Waals surface area contributed by atoms with E-state index in [-0.39, 0.29) is 11.8 Å². The molecule has 3 fully saturated rings. The molecular weight excluding hydrogens is 133 g/mol. The van der Waals surface area contributed by atoms with E-state index in [1.165, 1.54) is 0 Å². The highest BCUT2D eigenvalue weighted by molar-refractivity contribution is 5.82. The van der Waals surface area contributed by atoms with E-state index in [1.54, 1.807) is 4.90 Å². The van der Waals surface area contributed by atoms with Crippen molar-refractivity contribution >= 4 is 5.91 Å². The molecule has 2 nitrogen and oxygen atoms in total. The van der Waals surface area contributed by atoms with Crippen LogP contribution in [0.3, 0.4) is 0 Å². The van der Waals surface area contributed by atoms with E-state index < -0.39 is 6.17 Å². The van der Waals surface area contributed by atoms with Crippen LogP contribution in [0, 0.1) is 5.92 Å². The molecule has 0 aromatic heterocycles. The zero-order valence-corrected chi connectivity index (χ0v) is 5.72. The number of amides is 1. The molecule has 0 radical (unpaired) electrons. The largest absolute Gasteiger partial charge is 0.340 e. The molecule has 2 bridgehead atoms. The number of nitrogens with zero attached hydrogens (tertiary/aromatic N) is 1. The van der Waals surface area contributed by atoms with Crippen LogP contribution in [0.2, 0.25) is 0 Å². The Morgan fingerprint density at radius 3 is 2.30 bits per heavy atom. The fraction of sp³-hybridized carbons (Fsp3) is 0.857. The van der Waals surface area contributed by atoms with Gasteiger partial charge in [-0.1, -0.05) is 0 Å². The van der Waals surface area contributed by atoms with Gasteiger partial charge < -0.3 is 4.90 Å². The van der Waals surface area contributed by atoms with Crippen molar-refractivity contribution in [2.45, 2.75) is 19.0 Å². The Morgan fingerprint density at radius 2 is 2.00 bits per heavy atom. The number of hydrogen-bond acceptors (Lipinski definition) is 1. The minimum atomic E-state index is -1.18. The summed E-state index contributed by atoms with van der Waals surface area (Å²) >= 11 is 0. The first-order chi connectivity index (χ1) is 4.79. The van der Waals surface area contributed by atoms with E-state index >= 15 is 0 Å². The smallest absolute Gasteiger partial charge is 0.257 e. The van der Waals surface area contributed by atoms with Gasteiger partial charge in [-0.05, 0) is 12.8 Å². The van der Waals surface area contributed by atoms with Gasteiger partial charge in [0.25, 0.3) is 5.91 Å². The maximum absolute atomic E-state index is 12.9. The van der Waals surface area contributed by atoms with E-state index in [9.17, 15) is 9.18 Å².